The molecule has 2 saturated heterocycles. The third-order valence-electron chi connectivity index (χ3n) is 4.98. The van der Waals surface area contributed by atoms with E-state index in [4.69, 9.17) is 4.74 Å². The maximum absolute atomic E-state index is 11.5. The number of halogens is 1. The van der Waals surface area contributed by atoms with E-state index in [2.05, 4.69) is 39.5 Å². The average molecular weight is 468 g/mol. The van der Waals surface area contributed by atoms with Crippen LogP contribution in [0.1, 0.15) is 12.8 Å². The van der Waals surface area contributed by atoms with Crippen molar-refractivity contribution in [2.24, 2.45) is 4.99 Å². The summed E-state index contributed by atoms with van der Waals surface area (Å²) in [4.78, 5) is 22.4. The number of nitrogens with zero attached hydrogens (tertiary/aromatic N) is 4. The first-order valence-electron chi connectivity index (χ1n) is 8.72. The summed E-state index contributed by atoms with van der Waals surface area (Å²) in [6, 6.07) is 0.826. The normalized spacial score (nSPS) is 23.8. The number of piperidine rings is 1. The van der Waals surface area contributed by atoms with E-state index in [9.17, 15) is 4.79 Å². The van der Waals surface area contributed by atoms with E-state index in [0.29, 0.717) is 12.1 Å². The van der Waals surface area contributed by atoms with E-state index in [1.54, 1.807) is 11.9 Å². The molecule has 0 aliphatic carbocycles. The molecule has 2 N–H and O–H groups in total. The monoisotopic (exact) mass is 468 g/mol. The van der Waals surface area contributed by atoms with Crippen molar-refractivity contribution in [1.82, 2.24) is 25.3 Å². The molecule has 0 aromatic heterocycles. The van der Waals surface area contributed by atoms with Crippen LogP contribution < -0.4 is 10.6 Å². The zero-order valence-corrected chi connectivity index (χ0v) is 18.2. The van der Waals surface area contributed by atoms with Crippen molar-refractivity contribution in [3.8, 4) is 0 Å². The van der Waals surface area contributed by atoms with Crippen LogP contribution in [0.25, 0.3) is 0 Å². The number of methoxy groups -OCH3 is 1. The van der Waals surface area contributed by atoms with Gasteiger partial charge in [0, 0.05) is 58.4 Å². The highest BCUT2D eigenvalue weighted by Gasteiger charge is 2.25. The van der Waals surface area contributed by atoms with E-state index in [-0.39, 0.29) is 30.1 Å². The third-order valence-corrected chi connectivity index (χ3v) is 4.98. The lowest BCUT2D eigenvalue weighted by atomic mass is 10.1. The molecular weight excluding hydrogens is 435 g/mol. The summed E-state index contributed by atoms with van der Waals surface area (Å²) in [5.41, 5.74) is 0. The van der Waals surface area contributed by atoms with Crippen molar-refractivity contribution >= 4 is 36.0 Å². The van der Waals surface area contributed by atoms with Gasteiger partial charge < -0.3 is 25.2 Å². The fraction of sp³-hybridized carbons (Fsp3) is 0.875. The Hall–Kier alpha value is -0.810. The molecule has 2 heterocycles. The van der Waals surface area contributed by atoms with Gasteiger partial charge in [-0.1, -0.05) is 0 Å². The minimum absolute atomic E-state index is 0. The molecule has 0 saturated carbocycles. The highest BCUT2D eigenvalue weighted by Crippen LogP contribution is 2.11. The fourth-order valence-corrected chi connectivity index (χ4v) is 3.26. The van der Waals surface area contributed by atoms with Crippen LogP contribution in [0.2, 0.25) is 0 Å². The van der Waals surface area contributed by atoms with E-state index in [1.807, 2.05) is 0 Å². The first kappa shape index (κ1) is 22.2. The molecule has 8 nitrogen and oxygen atoms in total. The standard InChI is InChI=1S/C16H32N6O2.HI/c1-17-15(18-11-14-12-20(2)9-10-21(14)3)19-13-5-7-22(8-6-13)16(23)24-4;/h13-14H,5-12H2,1-4H3,(H2,17,18,19);1H. The van der Waals surface area contributed by atoms with E-state index in [1.165, 1.54) is 7.11 Å². The number of aliphatic imine (C=N–C) groups is 1. The number of hydrogen-bond acceptors (Lipinski definition) is 5. The van der Waals surface area contributed by atoms with Gasteiger partial charge in [-0.3, -0.25) is 9.89 Å². The Balaban J connectivity index is 0.00000312. The minimum Gasteiger partial charge on any atom is -0.453 e. The molecule has 1 amide bonds. The Morgan fingerprint density at radius 1 is 1.20 bits per heavy atom. The Morgan fingerprint density at radius 2 is 1.88 bits per heavy atom. The van der Waals surface area contributed by atoms with Crippen LogP contribution >= 0.6 is 24.0 Å². The van der Waals surface area contributed by atoms with E-state index >= 15 is 0 Å². The molecule has 9 heteroatoms. The average Bonchev–Trinajstić information content (AvgIpc) is 2.61. The number of rotatable bonds is 3. The van der Waals surface area contributed by atoms with Crippen molar-refractivity contribution in [3.05, 3.63) is 0 Å². The van der Waals surface area contributed by atoms with E-state index < -0.39 is 0 Å². The molecule has 0 aromatic rings. The number of guanidine groups is 1. The first-order valence-corrected chi connectivity index (χ1v) is 8.72. The molecule has 0 aromatic carbocycles. The molecule has 1 unspecified atom stereocenters. The van der Waals surface area contributed by atoms with Gasteiger partial charge in [0.2, 0.25) is 0 Å². The second-order valence-electron chi connectivity index (χ2n) is 6.73. The quantitative estimate of drug-likeness (QED) is 0.352. The summed E-state index contributed by atoms with van der Waals surface area (Å²) < 4.78 is 4.77. The van der Waals surface area contributed by atoms with Crippen LogP contribution in [0, 0.1) is 0 Å². The van der Waals surface area contributed by atoms with Gasteiger partial charge >= 0.3 is 6.09 Å². The van der Waals surface area contributed by atoms with Crippen LogP contribution in [0.3, 0.4) is 0 Å². The van der Waals surface area contributed by atoms with Gasteiger partial charge in [-0.05, 0) is 26.9 Å². The van der Waals surface area contributed by atoms with Crippen molar-refractivity contribution in [1.29, 1.82) is 0 Å². The molecule has 2 rings (SSSR count). The van der Waals surface area contributed by atoms with Crippen LogP contribution in [-0.2, 0) is 4.74 Å². The SMILES string of the molecule is CN=C(NCC1CN(C)CCN1C)NC1CCN(C(=O)OC)CC1.I. The maximum Gasteiger partial charge on any atom is 0.409 e. The number of amides is 1. The number of ether oxygens (including phenoxy) is 1. The van der Waals surface area contributed by atoms with Crippen LogP contribution in [0.4, 0.5) is 4.79 Å². The molecule has 25 heavy (non-hydrogen) atoms. The van der Waals surface area contributed by atoms with Gasteiger partial charge in [0.1, 0.15) is 0 Å². The second-order valence-corrected chi connectivity index (χ2v) is 6.73. The molecule has 0 spiro atoms. The molecule has 0 bridgehead atoms. The smallest absolute Gasteiger partial charge is 0.409 e. The highest BCUT2D eigenvalue weighted by atomic mass is 127. The van der Waals surface area contributed by atoms with Crippen molar-refractivity contribution in [3.63, 3.8) is 0 Å². The summed E-state index contributed by atoms with van der Waals surface area (Å²) in [7, 11) is 7.58. The van der Waals surface area contributed by atoms with Crippen LogP contribution in [0.15, 0.2) is 4.99 Å². The molecule has 146 valence electrons. The predicted molar refractivity (Wildman–Crippen MR) is 111 cm³/mol. The number of carbonyl (C=O) groups is 1. The van der Waals surface area contributed by atoms with Crippen LogP contribution in [0.5, 0.6) is 0 Å². The van der Waals surface area contributed by atoms with Crippen LogP contribution in [-0.4, -0.2) is 106 Å². The zero-order chi connectivity index (χ0) is 17.5. The van der Waals surface area contributed by atoms with Crippen molar-refractivity contribution < 1.29 is 9.53 Å². The van der Waals surface area contributed by atoms with Gasteiger partial charge in [0.05, 0.1) is 7.11 Å². The number of likely N-dealkylation sites (N-methyl/N-ethyl adjacent to an activating group) is 2. The summed E-state index contributed by atoms with van der Waals surface area (Å²) in [5, 5.41) is 6.92. The number of hydrogen-bond donors (Lipinski definition) is 2. The first-order chi connectivity index (χ1) is 11.5. The van der Waals surface area contributed by atoms with Gasteiger partial charge in [-0.2, -0.15) is 0 Å². The fourth-order valence-electron chi connectivity index (χ4n) is 3.26. The zero-order valence-electron chi connectivity index (χ0n) is 15.8. The van der Waals surface area contributed by atoms with Gasteiger partial charge in [0.25, 0.3) is 0 Å². The topological polar surface area (TPSA) is 72.4 Å². The molecule has 2 fully saturated rings. The number of piperazine rings is 1. The number of likely N-dealkylation sites (tertiary alicyclic amines) is 1. The summed E-state index contributed by atoms with van der Waals surface area (Å²) in [5.74, 6) is 0.841. The Morgan fingerprint density at radius 3 is 2.48 bits per heavy atom. The molecular formula is C16H33IN6O2. The van der Waals surface area contributed by atoms with Gasteiger partial charge in [-0.25, -0.2) is 4.79 Å². The van der Waals surface area contributed by atoms with Gasteiger partial charge in [-0.15, -0.1) is 24.0 Å². The lowest BCUT2D eigenvalue weighted by Crippen LogP contribution is -2.56. The molecule has 1 atom stereocenters. The maximum atomic E-state index is 11.5. The Labute approximate surface area is 168 Å². The van der Waals surface area contributed by atoms with Crippen molar-refractivity contribution in [2.75, 3.05) is 67.5 Å². The largest absolute Gasteiger partial charge is 0.453 e. The predicted octanol–water partition coefficient (Wildman–Crippen LogP) is 0.246. The third kappa shape index (κ3) is 6.78. The summed E-state index contributed by atoms with van der Waals surface area (Å²) in [6.07, 6.45) is 1.57. The lowest BCUT2D eigenvalue weighted by Gasteiger charge is -2.38. The highest BCUT2D eigenvalue weighted by molar-refractivity contribution is 14.0. The molecule has 0 radical (unpaired) electrons. The Kier molecular flexibility index (Phi) is 9.80. The molecule has 2 aliphatic heterocycles. The second kappa shape index (κ2) is 11.0. The van der Waals surface area contributed by atoms with E-state index in [0.717, 1.165) is 58.1 Å². The Bertz CT molecular complexity index is 442. The minimum atomic E-state index is -0.236. The summed E-state index contributed by atoms with van der Waals surface area (Å²) in [6.45, 7) is 5.61. The van der Waals surface area contributed by atoms with Crippen molar-refractivity contribution in [2.45, 2.75) is 24.9 Å². The summed E-state index contributed by atoms with van der Waals surface area (Å²) >= 11 is 0. The lowest BCUT2D eigenvalue weighted by molar-refractivity contribution is 0.111. The number of nitrogens with one attached hydrogen (secondary N) is 2. The van der Waals surface area contributed by atoms with Gasteiger partial charge in [0.15, 0.2) is 5.96 Å². The number of carbonyl (C=O) groups excluding carboxylic acids is 1. The molecule has 2 aliphatic rings.